The van der Waals surface area contributed by atoms with Gasteiger partial charge in [0, 0.05) is 18.3 Å². The maximum absolute atomic E-state index is 4.32. The fraction of sp³-hybridized carbons (Fsp3) is 0.200. The highest BCUT2D eigenvalue weighted by molar-refractivity contribution is 5.62. The van der Waals surface area contributed by atoms with E-state index in [-0.39, 0.29) is 0 Å². The first-order chi connectivity index (χ1) is 11.7. The third kappa shape index (κ3) is 4.10. The summed E-state index contributed by atoms with van der Waals surface area (Å²) in [5.41, 5.74) is 4.85. The van der Waals surface area contributed by atoms with Gasteiger partial charge in [-0.15, -0.1) is 0 Å². The fourth-order valence-electron chi connectivity index (χ4n) is 2.63. The minimum Gasteiger partial charge on any atom is -0.366 e. The molecule has 4 nitrogen and oxygen atoms in total. The molecule has 24 heavy (non-hydrogen) atoms. The summed E-state index contributed by atoms with van der Waals surface area (Å²) in [6.07, 6.45) is 2.56. The Morgan fingerprint density at radius 3 is 2.58 bits per heavy atom. The lowest BCUT2D eigenvalue weighted by molar-refractivity contribution is 1.08. The third-order valence-corrected chi connectivity index (χ3v) is 3.88. The number of hydrogen-bond acceptors (Lipinski definition) is 4. The van der Waals surface area contributed by atoms with Gasteiger partial charge in [-0.1, -0.05) is 55.0 Å². The lowest BCUT2D eigenvalue weighted by Gasteiger charge is -2.11. The van der Waals surface area contributed by atoms with Gasteiger partial charge in [-0.25, -0.2) is 9.97 Å². The lowest BCUT2D eigenvalue weighted by Crippen LogP contribution is -2.04. The van der Waals surface area contributed by atoms with E-state index in [2.05, 4.69) is 76.9 Å². The van der Waals surface area contributed by atoms with Crippen molar-refractivity contribution in [3.05, 3.63) is 77.6 Å². The van der Waals surface area contributed by atoms with Crippen molar-refractivity contribution in [3.8, 4) is 0 Å². The van der Waals surface area contributed by atoms with Gasteiger partial charge in [0.1, 0.15) is 18.0 Å². The second-order valence-electron chi connectivity index (χ2n) is 5.77. The first-order valence-corrected chi connectivity index (χ1v) is 8.21. The van der Waals surface area contributed by atoms with Crippen LogP contribution in [0.3, 0.4) is 0 Å². The van der Waals surface area contributed by atoms with Crippen LogP contribution in [0.1, 0.15) is 23.6 Å². The van der Waals surface area contributed by atoms with E-state index in [9.17, 15) is 0 Å². The second kappa shape index (κ2) is 7.59. The molecule has 0 aliphatic carbocycles. The van der Waals surface area contributed by atoms with Crippen molar-refractivity contribution in [1.29, 1.82) is 0 Å². The van der Waals surface area contributed by atoms with Gasteiger partial charge < -0.3 is 10.6 Å². The van der Waals surface area contributed by atoms with Crippen molar-refractivity contribution < 1.29 is 0 Å². The maximum Gasteiger partial charge on any atom is 0.135 e. The van der Waals surface area contributed by atoms with Crippen LogP contribution in [0.2, 0.25) is 0 Å². The van der Waals surface area contributed by atoms with Gasteiger partial charge in [0.05, 0.1) is 0 Å². The quantitative estimate of drug-likeness (QED) is 0.691. The number of aromatic nitrogens is 2. The Kier molecular flexibility index (Phi) is 5.06. The van der Waals surface area contributed by atoms with E-state index in [1.807, 2.05) is 12.1 Å². The SMILES string of the molecule is CCc1ccccc1Nc1cc(NCc2cccc(C)c2)ncn1. The number of benzene rings is 2. The number of para-hydroxylation sites is 1. The summed E-state index contributed by atoms with van der Waals surface area (Å²) in [5.74, 6) is 1.60. The molecule has 0 radical (unpaired) electrons. The Morgan fingerprint density at radius 1 is 0.917 bits per heavy atom. The van der Waals surface area contributed by atoms with E-state index in [1.54, 1.807) is 6.33 Å². The average Bonchev–Trinajstić information content (AvgIpc) is 2.61. The van der Waals surface area contributed by atoms with Crippen LogP contribution >= 0.6 is 0 Å². The first-order valence-electron chi connectivity index (χ1n) is 8.21. The van der Waals surface area contributed by atoms with E-state index in [0.717, 1.165) is 30.3 Å². The Balaban J connectivity index is 1.70. The van der Waals surface area contributed by atoms with Crippen LogP contribution in [0.15, 0.2) is 60.9 Å². The van der Waals surface area contributed by atoms with Crippen LogP contribution in [-0.4, -0.2) is 9.97 Å². The number of anilines is 3. The van der Waals surface area contributed by atoms with Gasteiger partial charge in [-0.2, -0.15) is 0 Å². The summed E-state index contributed by atoms with van der Waals surface area (Å²) in [6, 6.07) is 18.7. The van der Waals surface area contributed by atoms with Gasteiger partial charge in [0.15, 0.2) is 0 Å². The molecule has 1 heterocycles. The lowest BCUT2D eigenvalue weighted by atomic mass is 10.1. The molecule has 0 atom stereocenters. The van der Waals surface area contributed by atoms with E-state index in [1.165, 1.54) is 16.7 Å². The molecule has 0 saturated carbocycles. The Labute approximate surface area is 143 Å². The van der Waals surface area contributed by atoms with Crippen molar-refractivity contribution in [3.63, 3.8) is 0 Å². The largest absolute Gasteiger partial charge is 0.366 e. The van der Waals surface area contributed by atoms with Gasteiger partial charge in [0.25, 0.3) is 0 Å². The first kappa shape index (κ1) is 16.0. The molecule has 2 N–H and O–H groups in total. The Bertz CT molecular complexity index is 814. The molecule has 0 spiro atoms. The van der Waals surface area contributed by atoms with Crippen molar-refractivity contribution in [1.82, 2.24) is 9.97 Å². The summed E-state index contributed by atoms with van der Waals surface area (Å²) in [5, 5.41) is 6.73. The summed E-state index contributed by atoms with van der Waals surface area (Å²) < 4.78 is 0. The molecular formula is C20H22N4. The van der Waals surface area contributed by atoms with Crippen LogP contribution in [0.4, 0.5) is 17.3 Å². The highest BCUT2D eigenvalue weighted by Crippen LogP contribution is 2.21. The molecule has 3 rings (SSSR count). The van der Waals surface area contributed by atoms with Gasteiger partial charge in [0.2, 0.25) is 0 Å². The number of rotatable bonds is 6. The van der Waals surface area contributed by atoms with E-state index < -0.39 is 0 Å². The molecule has 0 amide bonds. The predicted molar refractivity (Wildman–Crippen MR) is 99.6 cm³/mol. The zero-order valence-electron chi connectivity index (χ0n) is 14.1. The van der Waals surface area contributed by atoms with Crippen molar-refractivity contribution in [2.75, 3.05) is 10.6 Å². The summed E-state index contributed by atoms with van der Waals surface area (Å²) in [7, 11) is 0. The second-order valence-corrected chi connectivity index (χ2v) is 5.77. The molecule has 0 fully saturated rings. The standard InChI is InChI=1S/C20H22N4/c1-3-17-9-4-5-10-18(17)24-20-12-19(22-14-23-20)21-13-16-8-6-7-15(2)11-16/h4-12,14H,3,13H2,1-2H3,(H2,21,22,23,24). The highest BCUT2D eigenvalue weighted by atomic mass is 15.1. The molecule has 1 aromatic heterocycles. The summed E-state index contributed by atoms with van der Waals surface area (Å²) in [6.45, 7) is 4.99. The minimum absolute atomic E-state index is 0.740. The third-order valence-electron chi connectivity index (χ3n) is 3.88. The molecule has 0 saturated heterocycles. The van der Waals surface area contributed by atoms with Crippen LogP contribution in [-0.2, 0) is 13.0 Å². The zero-order valence-corrected chi connectivity index (χ0v) is 14.1. The molecule has 2 aromatic carbocycles. The number of hydrogen-bond donors (Lipinski definition) is 2. The molecule has 122 valence electrons. The predicted octanol–water partition coefficient (Wildman–Crippen LogP) is 4.70. The van der Waals surface area contributed by atoms with E-state index in [0.29, 0.717) is 0 Å². The molecule has 3 aromatic rings. The van der Waals surface area contributed by atoms with Crippen LogP contribution in [0.5, 0.6) is 0 Å². The van der Waals surface area contributed by atoms with Gasteiger partial charge in [-0.3, -0.25) is 0 Å². The van der Waals surface area contributed by atoms with Gasteiger partial charge >= 0.3 is 0 Å². The fourth-order valence-corrected chi connectivity index (χ4v) is 2.63. The van der Waals surface area contributed by atoms with E-state index in [4.69, 9.17) is 0 Å². The monoisotopic (exact) mass is 318 g/mol. The number of nitrogens with zero attached hydrogens (tertiary/aromatic N) is 2. The summed E-state index contributed by atoms with van der Waals surface area (Å²) >= 11 is 0. The molecule has 0 aliphatic rings. The highest BCUT2D eigenvalue weighted by Gasteiger charge is 2.03. The molecular weight excluding hydrogens is 296 g/mol. The van der Waals surface area contributed by atoms with Crippen molar-refractivity contribution in [2.45, 2.75) is 26.8 Å². The minimum atomic E-state index is 0.740. The Morgan fingerprint density at radius 2 is 1.75 bits per heavy atom. The number of nitrogens with one attached hydrogen (secondary N) is 2. The molecule has 0 unspecified atom stereocenters. The summed E-state index contributed by atoms with van der Waals surface area (Å²) in [4.78, 5) is 8.62. The van der Waals surface area contributed by atoms with Crippen LogP contribution in [0, 0.1) is 6.92 Å². The van der Waals surface area contributed by atoms with E-state index >= 15 is 0 Å². The van der Waals surface area contributed by atoms with Gasteiger partial charge in [-0.05, 0) is 30.5 Å². The van der Waals surface area contributed by atoms with Crippen molar-refractivity contribution >= 4 is 17.3 Å². The number of aryl methyl sites for hydroxylation is 2. The van der Waals surface area contributed by atoms with Crippen molar-refractivity contribution in [2.24, 2.45) is 0 Å². The Hall–Kier alpha value is -2.88. The zero-order chi connectivity index (χ0) is 16.8. The van der Waals surface area contributed by atoms with Crippen LogP contribution < -0.4 is 10.6 Å². The van der Waals surface area contributed by atoms with Crippen LogP contribution in [0.25, 0.3) is 0 Å². The molecule has 0 bridgehead atoms. The maximum atomic E-state index is 4.32. The average molecular weight is 318 g/mol. The molecule has 4 heteroatoms. The smallest absolute Gasteiger partial charge is 0.135 e. The normalized spacial score (nSPS) is 10.4. The molecule has 0 aliphatic heterocycles. The topological polar surface area (TPSA) is 49.8 Å².